The molecular weight excluding hydrogens is 176 g/mol. The van der Waals surface area contributed by atoms with E-state index in [1.54, 1.807) is 17.9 Å². The van der Waals surface area contributed by atoms with Crippen molar-refractivity contribution in [2.24, 2.45) is 12.8 Å². The first kappa shape index (κ1) is 9.34. The maximum Gasteiger partial charge on any atom is 0.0951 e. The van der Waals surface area contributed by atoms with Crippen molar-refractivity contribution < 1.29 is 4.21 Å². The molecule has 1 aromatic heterocycles. The van der Waals surface area contributed by atoms with Crippen LogP contribution in [0.5, 0.6) is 0 Å². The van der Waals surface area contributed by atoms with E-state index in [1.807, 2.05) is 0 Å². The molecule has 1 atom stereocenters. The molecule has 0 amide bonds. The summed E-state index contributed by atoms with van der Waals surface area (Å²) in [6.45, 7) is 0.451. The first-order chi connectivity index (χ1) is 5.72. The Morgan fingerprint density at radius 2 is 2.50 bits per heavy atom. The van der Waals surface area contributed by atoms with Crippen LogP contribution < -0.4 is 5.73 Å². The average Bonchev–Trinajstić information content (AvgIpc) is 2.36. The molecule has 0 spiro atoms. The summed E-state index contributed by atoms with van der Waals surface area (Å²) in [5.41, 5.74) is 6.01. The summed E-state index contributed by atoms with van der Waals surface area (Å²) in [6, 6.07) is 0. The fourth-order valence-electron chi connectivity index (χ4n) is 0.830. The van der Waals surface area contributed by atoms with Gasteiger partial charge in [0.2, 0.25) is 0 Å². The lowest BCUT2D eigenvalue weighted by atomic mass is 10.6. The van der Waals surface area contributed by atoms with Crippen LogP contribution in [0, 0.1) is 0 Å². The summed E-state index contributed by atoms with van der Waals surface area (Å²) >= 11 is 0. The van der Waals surface area contributed by atoms with Crippen LogP contribution in [0.25, 0.3) is 0 Å². The molecule has 6 heteroatoms. The number of aryl methyl sites for hydroxylation is 1. The van der Waals surface area contributed by atoms with Crippen molar-refractivity contribution in [2.45, 2.75) is 5.75 Å². The third-order valence-corrected chi connectivity index (χ3v) is 2.61. The van der Waals surface area contributed by atoms with E-state index >= 15 is 0 Å². The van der Waals surface area contributed by atoms with Gasteiger partial charge in [0.1, 0.15) is 0 Å². The summed E-state index contributed by atoms with van der Waals surface area (Å²) in [4.78, 5) is 0. The summed E-state index contributed by atoms with van der Waals surface area (Å²) < 4.78 is 12.8. The smallest absolute Gasteiger partial charge is 0.0951 e. The summed E-state index contributed by atoms with van der Waals surface area (Å²) in [5, 5.41) is 7.55. The summed E-state index contributed by atoms with van der Waals surface area (Å²) in [7, 11) is 0.882. The van der Waals surface area contributed by atoms with Gasteiger partial charge in [-0.05, 0) is 0 Å². The predicted octanol–water partition coefficient (Wildman–Crippen LogP) is -0.977. The highest BCUT2D eigenvalue weighted by molar-refractivity contribution is 7.84. The number of nitrogens with two attached hydrogens (primary N) is 1. The van der Waals surface area contributed by atoms with E-state index in [1.165, 1.54) is 0 Å². The first-order valence-corrected chi connectivity index (χ1v) is 5.11. The molecule has 0 radical (unpaired) electrons. The molecule has 0 saturated heterocycles. The van der Waals surface area contributed by atoms with Crippen molar-refractivity contribution >= 4 is 10.8 Å². The third-order valence-electron chi connectivity index (χ3n) is 1.30. The van der Waals surface area contributed by atoms with E-state index in [-0.39, 0.29) is 0 Å². The Hall–Kier alpha value is -0.750. The average molecular weight is 188 g/mol. The maximum absolute atomic E-state index is 11.2. The van der Waals surface area contributed by atoms with Gasteiger partial charge >= 0.3 is 0 Å². The molecular formula is C6H12N4OS. The SMILES string of the molecule is Cn1cc(CS(=O)CCN)nn1. The van der Waals surface area contributed by atoms with E-state index < -0.39 is 10.8 Å². The van der Waals surface area contributed by atoms with Gasteiger partial charge in [-0.15, -0.1) is 5.10 Å². The second-order valence-electron chi connectivity index (χ2n) is 2.46. The standard InChI is InChI=1S/C6H12N4OS/c1-10-4-6(8-9-10)5-12(11)3-2-7/h4H,2-3,5,7H2,1H3. The van der Waals surface area contributed by atoms with Gasteiger partial charge in [-0.25, -0.2) is 0 Å². The van der Waals surface area contributed by atoms with Crippen LogP contribution in [0.4, 0.5) is 0 Å². The van der Waals surface area contributed by atoms with Gasteiger partial charge in [0.25, 0.3) is 0 Å². The molecule has 1 rings (SSSR count). The topological polar surface area (TPSA) is 73.8 Å². The van der Waals surface area contributed by atoms with Crippen molar-refractivity contribution in [1.82, 2.24) is 15.0 Å². The molecule has 0 aromatic carbocycles. The van der Waals surface area contributed by atoms with Crippen LogP contribution in [0.2, 0.25) is 0 Å². The Morgan fingerprint density at radius 1 is 1.75 bits per heavy atom. The van der Waals surface area contributed by atoms with Crippen LogP contribution in [-0.4, -0.2) is 31.5 Å². The van der Waals surface area contributed by atoms with Gasteiger partial charge in [-0.3, -0.25) is 8.89 Å². The van der Waals surface area contributed by atoms with Crippen molar-refractivity contribution in [3.05, 3.63) is 11.9 Å². The minimum atomic E-state index is -0.899. The van der Waals surface area contributed by atoms with Gasteiger partial charge < -0.3 is 5.73 Å². The molecule has 0 aliphatic carbocycles. The van der Waals surface area contributed by atoms with Crippen LogP contribution in [-0.2, 0) is 23.6 Å². The monoisotopic (exact) mass is 188 g/mol. The Bertz CT molecular complexity index is 272. The van der Waals surface area contributed by atoms with Crippen LogP contribution in [0.1, 0.15) is 5.69 Å². The lowest BCUT2D eigenvalue weighted by molar-refractivity contribution is 0.681. The highest BCUT2D eigenvalue weighted by atomic mass is 32.2. The third kappa shape index (κ3) is 2.71. The molecule has 5 nitrogen and oxygen atoms in total. The number of hydrogen-bond acceptors (Lipinski definition) is 4. The molecule has 1 heterocycles. The number of nitrogens with zero attached hydrogens (tertiary/aromatic N) is 3. The normalized spacial score (nSPS) is 13.2. The lowest BCUT2D eigenvalue weighted by Gasteiger charge is -1.94. The van der Waals surface area contributed by atoms with E-state index in [2.05, 4.69) is 10.3 Å². The highest BCUT2D eigenvalue weighted by Gasteiger charge is 2.03. The highest BCUT2D eigenvalue weighted by Crippen LogP contribution is 1.96. The Morgan fingerprint density at radius 3 is 3.00 bits per heavy atom. The van der Waals surface area contributed by atoms with Gasteiger partial charge in [-0.2, -0.15) is 0 Å². The van der Waals surface area contributed by atoms with Crippen molar-refractivity contribution in [1.29, 1.82) is 0 Å². The zero-order chi connectivity index (χ0) is 8.97. The quantitative estimate of drug-likeness (QED) is 0.659. The molecule has 2 N–H and O–H groups in total. The molecule has 12 heavy (non-hydrogen) atoms. The van der Waals surface area contributed by atoms with Crippen molar-refractivity contribution in [2.75, 3.05) is 12.3 Å². The number of rotatable bonds is 4. The zero-order valence-corrected chi connectivity index (χ0v) is 7.75. The minimum absolute atomic E-state index is 0.449. The fraction of sp³-hybridized carbons (Fsp3) is 0.667. The molecule has 0 bridgehead atoms. The lowest BCUT2D eigenvalue weighted by Crippen LogP contribution is -2.11. The second kappa shape index (κ2) is 4.32. The molecule has 0 aliphatic heterocycles. The fourth-order valence-corrected chi connectivity index (χ4v) is 1.70. The number of aromatic nitrogens is 3. The van der Waals surface area contributed by atoms with E-state index in [0.29, 0.717) is 18.1 Å². The van der Waals surface area contributed by atoms with Gasteiger partial charge in [0.15, 0.2) is 0 Å². The largest absolute Gasteiger partial charge is 0.330 e. The van der Waals surface area contributed by atoms with E-state index in [4.69, 9.17) is 5.73 Å². The zero-order valence-electron chi connectivity index (χ0n) is 6.93. The van der Waals surface area contributed by atoms with Gasteiger partial charge in [-0.1, -0.05) is 5.21 Å². The summed E-state index contributed by atoms with van der Waals surface area (Å²) in [6.07, 6.45) is 1.76. The van der Waals surface area contributed by atoms with Crippen LogP contribution in [0.15, 0.2) is 6.20 Å². The molecule has 0 fully saturated rings. The van der Waals surface area contributed by atoms with Crippen molar-refractivity contribution in [3.8, 4) is 0 Å². The summed E-state index contributed by atoms with van der Waals surface area (Å²) in [5.74, 6) is 0.974. The van der Waals surface area contributed by atoms with Crippen molar-refractivity contribution in [3.63, 3.8) is 0 Å². The number of hydrogen-bond donors (Lipinski definition) is 1. The van der Waals surface area contributed by atoms with Gasteiger partial charge in [0.05, 0.1) is 11.4 Å². The van der Waals surface area contributed by atoms with Gasteiger partial charge in [0, 0.05) is 36.3 Å². The van der Waals surface area contributed by atoms with E-state index in [0.717, 1.165) is 5.69 Å². The molecule has 0 aliphatic rings. The van der Waals surface area contributed by atoms with Crippen LogP contribution >= 0.6 is 0 Å². The maximum atomic E-state index is 11.2. The molecule has 68 valence electrons. The van der Waals surface area contributed by atoms with Crippen LogP contribution in [0.3, 0.4) is 0 Å². The molecule has 0 saturated carbocycles. The Balaban J connectivity index is 2.46. The second-order valence-corrected chi connectivity index (χ2v) is 4.04. The first-order valence-electron chi connectivity index (χ1n) is 3.62. The minimum Gasteiger partial charge on any atom is -0.330 e. The Labute approximate surface area is 73.4 Å². The predicted molar refractivity (Wildman–Crippen MR) is 46.8 cm³/mol. The Kier molecular flexibility index (Phi) is 3.36. The molecule has 1 unspecified atom stereocenters. The molecule has 1 aromatic rings. The van der Waals surface area contributed by atoms with E-state index in [9.17, 15) is 4.21 Å².